The second kappa shape index (κ2) is 5.93. The minimum Gasteiger partial charge on any atom is -0.374 e. The van der Waals surface area contributed by atoms with Gasteiger partial charge >= 0.3 is 0 Å². The molecule has 2 heterocycles. The molecule has 1 aliphatic heterocycles. The molecule has 1 fully saturated rings. The lowest BCUT2D eigenvalue weighted by atomic mass is 10.2. The van der Waals surface area contributed by atoms with Gasteiger partial charge in [0, 0.05) is 38.6 Å². The highest BCUT2D eigenvalue weighted by atomic mass is 16.5. The molecule has 0 radical (unpaired) electrons. The van der Waals surface area contributed by atoms with Crippen LogP contribution in [0.5, 0.6) is 0 Å². The number of nitrogens with one attached hydrogen (secondary N) is 1. The SMILES string of the molecule is Cc1ccc(C(=O)N(C)CC2CNCCO2)cn1. The normalized spacial score (nSPS) is 19.6. The largest absolute Gasteiger partial charge is 0.374 e. The molecule has 1 N–H and O–H groups in total. The summed E-state index contributed by atoms with van der Waals surface area (Å²) in [5, 5.41) is 3.25. The second-order valence-corrected chi connectivity index (χ2v) is 4.57. The van der Waals surface area contributed by atoms with Crippen molar-refractivity contribution in [2.75, 3.05) is 33.3 Å². The Hall–Kier alpha value is -1.46. The molecule has 5 nitrogen and oxygen atoms in total. The molecular formula is C13H19N3O2. The zero-order chi connectivity index (χ0) is 13.0. The van der Waals surface area contributed by atoms with Crippen LogP contribution in [0, 0.1) is 6.92 Å². The first-order chi connectivity index (χ1) is 8.66. The van der Waals surface area contributed by atoms with Crippen LogP contribution in [0.4, 0.5) is 0 Å². The van der Waals surface area contributed by atoms with E-state index in [4.69, 9.17) is 4.74 Å². The van der Waals surface area contributed by atoms with Gasteiger partial charge in [0.15, 0.2) is 0 Å². The fraction of sp³-hybridized carbons (Fsp3) is 0.538. The molecule has 0 saturated carbocycles. The highest BCUT2D eigenvalue weighted by Gasteiger charge is 2.19. The van der Waals surface area contributed by atoms with E-state index in [1.165, 1.54) is 0 Å². The lowest BCUT2D eigenvalue weighted by molar-refractivity contribution is 0.0104. The molecule has 2 rings (SSSR count). The summed E-state index contributed by atoms with van der Waals surface area (Å²) in [5.74, 6) is -0.0170. The van der Waals surface area contributed by atoms with Gasteiger partial charge in [-0.15, -0.1) is 0 Å². The Morgan fingerprint density at radius 2 is 2.44 bits per heavy atom. The van der Waals surface area contributed by atoms with Gasteiger partial charge in [0.2, 0.25) is 0 Å². The van der Waals surface area contributed by atoms with E-state index < -0.39 is 0 Å². The molecule has 1 unspecified atom stereocenters. The van der Waals surface area contributed by atoms with Gasteiger partial charge in [-0.1, -0.05) is 0 Å². The Bertz CT molecular complexity index is 399. The van der Waals surface area contributed by atoms with Crippen molar-refractivity contribution in [2.24, 2.45) is 0 Å². The molecule has 0 bridgehead atoms. The number of hydrogen-bond donors (Lipinski definition) is 1. The van der Waals surface area contributed by atoms with Gasteiger partial charge in [-0.05, 0) is 19.1 Å². The average Bonchev–Trinajstić information content (AvgIpc) is 2.40. The summed E-state index contributed by atoms with van der Waals surface area (Å²) in [6.45, 7) is 4.89. The van der Waals surface area contributed by atoms with E-state index >= 15 is 0 Å². The summed E-state index contributed by atoms with van der Waals surface area (Å²) < 4.78 is 5.58. The first kappa shape index (κ1) is 13.0. The number of amides is 1. The number of ether oxygens (including phenoxy) is 1. The van der Waals surface area contributed by atoms with E-state index in [1.807, 2.05) is 13.0 Å². The standard InChI is InChI=1S/C13H19N3O2/c1-10-3-4-11(7-15-10)13(17)16(2)9-12-8-14-5-6-18-12/h3-4,7,12,14H,5-6,8-9H2,1-2H3. The molecule has 1 aromatic rings. The molecule has 18 heavy (non-hydrogen) atoms. The third-order valence-corrected chi connectivity index (χ3v) is 2.99. The molecule has 1 aromatic heterocycles. The van der Waals surface area contributed by atoms with Crippen LogP contribution in [0.25, 0.3) is 0 Å². The van der Waals surface area contributed by atoms with Crippen LogP contribution in [0.3, 0.4) is 0 Å². The number of aromatic nitrogens is 1. The highest BCUT2D eigenvalue weighted by molar-refractivity contribution is 5.93. The lowest BCUT2D eigenvalue weighted by Gasteiger charge is -2.28. The molecule has 5 heteroatoms. The monoisotopic (exact) mass is 249 g/mol. The minimum absolute atomic E-state index is 0.0170. The molecule has 1 amide bonds. The lowest BCUT2D eigenvalue weighted by Crippen LogP contribution is -2.45. The van der Waals surface area contributed by atoms with Crippen molar-refractivity contribution in [2.45, 2.75) is 13.0 Å². The maximum Gasteiger partial charge on any atom is 0.255 e. The molecule has 98 valence electrons. The number of aryl methyl sites for hydroxylation is 1. The van der Waals surface area contributed by atoms with Crippen molar-refractivity contribution in [1.29, 1.82) is 0 Å². The van der Waals surface area contributed by atoms with Gasteiger partial charge in [-0.2, -0.15) is 0 Å². The molecule has 0 aromatic carbocycles. The predicted molar refractivity (Wildman–Crippen MR) is 68.5 cm³/mol. The third-order valence-electron chi connectivity index (χ3n) is 2.99. The van der Waals surface area contributed by atoms with E-state index in [-0.39, 0.29) is 12.0 Å². The van der Waals surface area contributed by atoms with Crippen LogP contribution in [-0.4, -0.2) is 55.2 Å². The zero-order valence-electron chi connectivity index (χ0n) is 10.8. The first-order valence-electron chi connectivity index (χ1n) is 6.17. The predicted octanol–water partition coefficient (Wildman–Crippen LogP) is 0.450. The number of carbonyl (C=O) groups excluding carboxylic acids is 1. The zero-order valence-corrected chi connectivity index (χ0v) is 10.8. The van der Waals surface area contributed by atoms with Gasteiger partial charge in [-0.3, -0.25) is 9.78 Å². The van der Waals surface area contributed by atoms with Crippen molar-refractivity contribution in [1.82, 2.24) is 15.2 Å². The van der Waals surface area contributed by atoms with E-state index in [0.29, 0.717) is 18.7 Å². The molecule has 0 aliphatic carbocycles. The molecule has 0 spiro atoms. The van der Waals surface area contributed by atoms with Crippen molar-refractivity contribution >= 4 is 5.91 Å². The van der Waals surface area contributed by atoms with Crippen LogP contribution in [-0.2, 0) is 4.74 Å². The van der Waals surface area contributed by atoms with Crippen molar-refractivity contribution in [3.8, 4) is 0 Å². The number of pyridine rings is 1. The van der Waals surface area contributed by atoms with Gasteiger partial charge in [0.05, 0.1) is 18.3 Å². The van der Waals surface area contributed by atoms with E-state index in [0.717, 1.165) is 18.8 Å². The van der Waals surface area contributed by atoms with Gasteiger partial charge < -0.3 is 15.0 Å². The van der Waals surface area contributed by atoms with Gasteiger partial charge in [0.1, 0.15) is 0 Å². The molecule has 1 aliphatic rings. The van der Waals surface area contributed by atoms with Crippen molar-refractivity contribution in [3.63, 3.8) is 0 Å². The number of nitrogens with zero attached hydrogens (tertiary/aromatic N) is 2. The first-order valence-corrected chi connectivity index (χ1v) is 6.17. The van der Waals surface area contributed by atoms with Crippen molar-refractivity contribution in [3.05, 3.63) is 29.6 Å². The van der Waals surface area contributed by atoms with Crippen LogP contribution in [0.2, 0.25) is 0 Å². The fourth-order valence-corrected chi connectivity index (χ4v) is 1.94. The quantitative estimate of drug-likeness (QED) is 0.845. The Morgan fingerprint density at radius 1 is 1.61 bits per heavy atom. The smallest absolute Gasteiger partial charge is 0.255 e. The minimum atomic E-state index is -0.0170. The topological polar surface area (TPSA) is 54.5 Å². The summed E-state index contributed by atoms with van der Waals surface area (Å²) in [5.41, 5.74) is 1.53. The van der Waals surface area contributed by atoms with E-state index in [1.54, 1.807) is 24.2 Å². The summed E-state index contributed by atoms with van der Waals surface area (Å²) in [6, 6.07) is 3.65. The molecule has 1 saturated heterocycles. The molecule has 1 atom stereocenters. The summed E-state index contributed by atoms with van der Waals surface area (Å²) in [6.07, 6.45) is 1.69. The van der Waals surface area contributed by atoms with Crippen LogP contribution in [0.15, 0.2) is 18.3 Å². The third kappa shape index (κ3) is 3.27. The number of likely N-dealkylation sites (N-methyl/N-ethyl adjacent to an activating group) is 1. The molecular weight excluding hydrogens is 230 g/mol. The van der Waals surface area contributed by atoms with Crippen LogP contribution < -0.4 is 5.32 Å². The highest BCUT2D eigenvalue weighted by Crippen LogP contribution is 2.06. The summed E-state index contributed by atoms with van der Waals surface area (Å²) >= 11 is 0. The van der Waals surface area contributed by atoms with Crippen molar-refractivity contribution < 1.29 is 9.53 Å². The van der Waals surface area contributed by atoms with Gasteiger partial charge in [0.25, 0.3) is 5.91 Å². The van der Waals surface area contributed by atoms with Crippen LogP contribution in [0.1, 0.15) is 16.1 Å². The maximum absolute atomic E-state index is 12.1. The number of carbonyl (C=O) groups is 1. The van der Waals surface area contributed by atoms with E-state index in [2.05, 4.69) is 10.3 Å². The number of rotatable bonds is 3. The average molecular weight is 249 g/mol. The van der Waals surface area contributed by atoms with Gasteiger partial charge in [-0.25, -0.2) is 0 Å². The Balaban J connectivity index is 1.93. The summed E-state index contributed by atoms with van der Waals surface area (Å²) in [4.78, 5) is 18.0. The van der Waals surface area contributed by atoms with Crippen LogP contribution >= 0.6 is 0 Å². The Kier molecular flexibility index (Phi) is 4.28. The Labute approximate surface area is 107 Å². The summed E-state index contributed by atoms with van der Waals surface area (Å²) in [7, 11) is 1.79. The maximum atomic E-state index is 12.1. The number of hydrogen-bond acceptors (Lipinski definition) is 4. The Morgan fingerprint density at radius 3 is 3.06 bits per heavy atom. The van der Waals surface area contributed by atoms with E-state index in [9.17, 15) is 4.79 Å². The number of morpholine rings is 1. The second-order valence-electron chi connectivity index (χ2n) is 4.57. The fourth-order valence-electron chi connectivity index (χ4n) is 1.94.